The molecule has 4 nitrogen and oxygen atoms in total. The van der Waals surface area contributed by atoms with Crippen LogP contribution >= 0.6 is 39.1 Å². The number of hydrogen-bond acceptors (Lipinski definition) is 4. The van der Waals surface area contributed by atoms with E-state index in [-0.39, 0.29) is 13.2 Å². The summed E-state index contributed by atoms with van der Waals surface area (Å²) in [5.41, 5.74) is 1.81. The molecule has 0 unspecified atom stereocenters. The van der Waals surface area contributed by atoms with E-state index in [1.165, 1.54) is 0 Å². The maximum absolute atomic E-state index is 8.80. The Morgan fingerprint density at radius 1 is 1.15 bits per heavy atom. The SMILES string of the molecule is COc1cc(CNCCCCO)cc(Br)c1OCc1c(Cl)cccc1Cl. The van der Waals surface area contributed by atoms with Gasteiger partial charge in [0.25, 0.3) is 0 Å². The van der Waals surface area contributed by atoms with E-state index >= 15 is 0 Å². The number of benzene rings is 2. The van der Waals surface area contributed by atoms with E-state index in [1.54, 1.807) is 25.3 Å². The molecule has 2 N–H and O–H groups in total. The summed E-state index contributed by atoms with van der Waals surface area (Å²) in [6.45, 7) is 2.02. The van der Waals surface area contributed by atoms with Gasteiger partial charge in [0, 0.05) is 28.8 Å². The minimum absolute atomic E-state index is 0.225. The number of ether oxygens (including phenoxy) is 2. The first kappa shape index (κ1) is 21.3. The Hall–Kier alpha value is -0.980. The standard InChI is InChI=1S/C19H22BrCl2NO3/c1-25-18-10-13(11-23-7-2-3-8-24)9-15(20)19(18)26-12-14-16(21)5-4-6-17(14)22/h4-6,9-10,23-24H,2-3,7-8,11-12H2,1H3. The Labute approximate surface area is 172 Å². The number of rotatable bonds is 10. The van der Waals surface area contributed by atoms with Crippen molar-refractivity contribution in [3.05, 3.63) is 56.0 Å². The minimum Gasteiger partial charge on any atom is -0.493 e. The molecule has 0 aliphatic heterocycles. The average molecular weight is 463 g/mol. The van der Waals surface area contributed by atoms with Crippen molar-refractivity contribution in [3.63, 3.8) is 0 Å². The highest BCUT2D eigenvalue weighted by molar-refractivity contribution is 9.10. The summed E-state index contributed by atoms with van der Waals surface area (Å²) >= 11 is 15.9. The number of aliphatic hydroxyl groups is 1. The van der Waals surface area contributed by atoms with Crippen LogP contribution in [0.5, 0.6) is 11.5 Å². The van der Waals surface area contributed by atoms with E-state index in [9.17, 15) is 0 Å². The molecule has 0 heterocycles. The highest BCUT2D eigenvalue weighted by Gasteiger charge is 2.14. The van der Waals surface area contributed by atoms with Crippen molar-refractivity contribution in [1.82, 2.24) is 5.32 Å². The van der Waals surface area contributed by atoms with Crippen molar-refractivity contribution >= 4 is 39.1 Å². The van der Waals surface area contributed by atoms with Crippen LogP contribution in [-0.2, 0) is 13.2 Å². The number of unbranched alkanes of at least 4 members (excludes halogenated alkanes) is 1. The molecular formula is C19H22BrCl2NO3. The molecular weight excluding hydrogens is 441 g/mol. The second kappa shape index (κ2) is 11.0. The molecule has 0 aromatic heterocycles. The largest absolute Gasteiger partial charge is 0.493 e. The third kappa shape index (κ3) is 6.03. The number of halogens is 3. The summed E-state index contributed by atoms with van der Waals surface area (Å²) in [5.74, 6) is 1.24. The molecule has 0 saturated carbocycles. The molecule has 2 rings (SSSR count). The van der Waals surface area contributed by atoms with Crippen molar-refractivity contribution < 1.29 is 14.6 Å². The molecule has 142 valence electrons. The molecule has 0 radical (unpaired) electrons. The van der Waals surface area contributed by atoms with Crippen LogP contribution in [0.4, 0.5) is 0 Å². The molecule has 26 heavy (non-hydrogen) atoms. The second-order valence-electron chi connectivity index (χ2n) is 5.71. The van der Waals surface area contributed by atoms with Gasteiger partial charge in [-0.2, -0.15) is 0 Å². The van der Waals surface area contributed by atoms with Gasteiger partial charge < -0.3 is 19.9 Å². The predicted octanol–water partition coefficient (Wildman–Crippen LogP) is 5.21. The molecule has 0 bridgehead atoms. The van der Waals surface area contributed by atoms with Crippen LogP contribution in [0.25, 0.3) is 0 Å². The van der Waals surface area contributed by atoms with Crippen molar-refractivity contribution in [3.8, 4) is 11.5 Å². The number of nitrogens with one attached hydrogen (secondary N) is 1. The summed E-state index contributed by atoms with van der Waals surface area (Å²) in [6, 6.07) is 9.29. The van der Waals surface area contributed by atoms with Gasteiger partial charge in [0.2, 0.25) is 0 Å². The lowest BCUT2D eigenvalue weighted by atomic mass is 10.2. The maximum Gasteiger partial charge on any atom is 0.175 e. The molecule has 0 atom stereocenters. The zero-order valence-corrected chi connectivity index (χ0v) is 17.6. The lowest BCUT2D eigenvalue weighted by Gasteiger charge is -2.16. The van der Waals surface area contributed by atoms with Crippen LogP contribution in [0, 0.1) is 0 Å². The first-order valence-corrected chi connectivity index (χ1v) is 9.85. The van der Waals surface area contributed by atoms with Crippen LogP contribution in [0.3, 0.4) is 0 Å². The van der Waals surface area contributed by atoms with E-state index in [1.807, 2.05) is 12.1 Å². The Morgan fingerprint density at radius 2 is 1.88 bits per heavy atom. The smallest absolute Gasteiger partial charge is 0.175 e. The first-order valence-electron chi connectivity index (χ1n) is 8.30. The second-order valence-corrected chi connectivity index (χ2v) is 7.37. The molecule has 0 aliphatic carbocycles. The third-order valence-corrected chi connectivity index (χ3v) is 5.10. The molecule has 7 heteroatoms. The van der Waals surface area contributed by atoms with E-state index < -0.39 is 0 Å². The molecule has 0 fully saturated rings. The maximum atomic E-state index is 8.80. The molecule has 0 saturated heterocycles. The fraction of sp³-hybridized carbons (Fsp3) is 0.368. The van der Waals surface area contributed by atoms with E-state index in [4.69, 9.17) is 37.8 Å². The van der Waals surface area contributed by atoms with Crippen LogP contribution in [-0.4, -0.2) is 25.4 Å². The van der Waals surface area contributed by atoms with Crippen molar-refractivity contribution in [1.29, 1.82) is 0 Å². The van der Waals surface area contributed by atoms with E-state index in [0.29, 0.717) is 28.1 Å². The number of aliphatic hydroxyl groups excluding tert-OH is 1. The van der Waals surface area contributed by atoms with Crippen LogP contribution in [0.15, 0.2) is 34.8 Å². The summed E-state index contributed by atoms with van der Waals surface area (Å²) in [7, 11) is 1.61. The first-order chi connectivity index (χ1) is 12.6. The summed E-state index contributed by atoms with van der Waals surface area (Å²) in [5, 5.41) is 13.3. The molecule has 2 aromatic carbocycles. The van der Waals surface area contributed by atoms with Gasteiger partial charge in [0.05, 0.1) is 11.6 Å². The molecule has 0 aliphatic rings. The van der Waals surface area contributed by atoms with Gasteiger partial charge in [0.1, 0.15) is 6.61 Å². The van der Waals surface area contributed by atoms with Gasteiger partial charge >= 0.3 is 0 Å². The van der Waals surface area contributed by atoms with Gasteiger partial charge in [-0.25, -0.2) is 0 Å². The lowest BCUT2D eigenvalue weighted by molar-refractivity contribution is 0.282. The van der Waals surface area contributed by atoms with Crippen molar-refractivity contribution in [2.24, 2.45) is 0 Å². The van der Waals surface area contributed by atoms with Crippen LogP contribution in [0.1, 0.15) is 24.0 Å². The van der Waals surface area contributed by atoms with Gasteiger partial charge in [-0.1, -0.05) is 29.3 Å². The van der Waals surface area contributed by atoms with Crippen LogP contribution in [0.2, 0.25) is 10.0 Å². The Morgan fingerprint density at radius 3 is 2.54 bits per heavy atom. The summed E-state index contributed by atoms with van der Waals surface area (Å²) in [4.78, 5) is 0. The minimum atomic E-state index is 0.225. The number of hydrogen-bond donors (Lipinski definition) is 2. The van der Waals surface area contributed by atoms with Crippen molar-refractivity contribution in [2.45, 2.75) is 26.0 Å². The Bertz CT molecular complexity index is 708. The monoisotopic (exact) mass is 461 g/mol. The highest BCUT2D eigenvalue weighted by Crippen LogP contribution is 2.38. The Balaban J connectivity index is 2.06. The fourth-order valence-electron chi connectivity index (χ4n) is 2.42. The summed E-state index contributed by atoms with van der Waals surface area (Å²) in [6.07, 6.45) is 1.74. The van der Waals surface area contributed by atoms with Gasteiger partial charge in [-0.3, -0.25) is 0 Å². The normalized spacial score (nSPS) is 10.8. The lowest BCUT2D eigenvalue weighted by Crippen LogP contribution is -2.15. The van der Waals surface area contributed by atoms with Gasteiger partial charge in [0.15, 0.2) is 11.5 Å². The highest BCUT2D eigenvalue weighted by atomic mass is 79.9. The van der Waals surface area contributed by atoms with Gasteiger partial charge in [-0.15, -0.1) is 0 Å². The van der Waals surface area contributed by atoms with Crippen molar-refractivity contribution in [2.75, 3.05) is 20.3 Å². The zero-order valence-electron chi connectivity index (χ0n) is 14.5. The van der Waals surface area contributed by atoms with Crippen LogP contribution < -0.4 is 14.8 Å². The number of methoxy groups -OCH3 is 1. The summed E-state index contributed by atoms with van der Waals surface area (Å²) < 4.78 is 12.2. The Kier molecular flexibility index (Phi) is 9.02. The fourth-order valence-corrected chi connectivity index (χ4v) is 3.53. The quantitative estimate of drug-likeness (QED) is 0.476. The van der Waals surface area contributed by atoms with E-state index in [2.05, 4.69) is 21.2 Å². The van der Waals surface area contributed by atoms with Gasteiger partial charge in [-0.05, 0) is 65.1 Å². The predicted molar refractivity (Wildman–Crippen MR) is 110 cm³/mol. The van der Waals surface area contributed by atoms with E-state index in [0.717, 1.165) is 35.0 Å². The topological polar surface area (TPSA) is 50.7 Å². The average Bonchev–Trinajstić information content (AvgIpc) is 2.62. The molecule has 0 spiro atoms. The molecule has 0 amide bonds. The zero-order chi connectivity index (χ0) is 18.9. The molecule has 2 aromatic rings. The third-order valence-electron chi connectivity index (χ3n) is 3.80.